The highest BCUT2D eigenvalue weighted by atomic mass is 19.4. The molecule has 3 aromatic heterocycles. The number of fused-ring (bicyclic) bond motifs is 1. The molecule has 0 bridgehead atoms. The van der Waals surface area contributed by atoms with Crippen LogP contribution in [0.5, 0.6) is 0 Å². The molecular weight excluding hydrogens is 473 g/mol. The summed E-state index contributed by atoms with van der Waals surface area (Å²) in [6, 6.07) is 10.8. The van der Waals surface area contributed by atoms with Crippen LogP contribution in [-0.4, -0.2) is 51.3 Å². The summed E-state index contributed by atoms with van der Waals surface area (Å²) in [7, 11) is 0. The molecular formula is C25H21F3N6O2. The molecule has 6 rings (SSSR count). The van der Waals surface area contributed by atoms with Crippen LogP contribution in [-0.2, 0) is 10.9 Å². The molecule has 2 aliphatic heterocycles. The Morgan fingerprint density at radius 1 is 1.06 bits per heavy atom. The van der Waals surface area contributed by atoms with Crippen molar-refractivity contribution in [1.29, 1.82) is 0 Å². The molecule has 1 spiro atoms. The van der Waals surface area contributed by atoms with E-state index in [0.717, 1.165) is 23.6 Å². The zero-order chi connectivity index (χ0) is 24.9. The van der Waals surface area contributed by atoms with Crippen LogP contribution in [0.2, 0.25) is 0 Å². The predicted octanol–water partition coefficient (Wildman–Crippen LogP) is 5.03. The van der Waals surface area contributed by atoms with Crippen molar-refractivity contribution in [3.8, 4) is 11.4 Å². The molecule has 11 heteroatoms. The van der Waals surface area contributed by atoms with Gasteiger partial charge in [0.15, 0.2) is 0 Å². The fraction of sp³-hybridized carbons (Fsp3) is 0.280. The van der Waals surface area contributed by atoms with Crippen molar-refractivity contribution in [2.45, 2.75) is 24.6 Å². The van der Waals surface area contributed by atoms with Gasteiger partial charge in [-0.25, -0.2) is 14.8 Å². The lowest BCUT2D eigenvalue weighted by Gasteiger charge is -2.38. The minimum Gasteiger partial charge on any atom is -0.440 e. The normalized spacial score (nSPS) is 17.7. The second-order valence-corrected chi connectivity index (χ2v) is 9.06. The number of nitrogens with zero attached hydrogens (tertiary/aromatic N) is 5. The molecule has 0 unspecified atom stereocenters. The van der Waals surface area contributed by atoms with Crippen LogP contribution >= 0.6 is 0 Å². The van der Waals surface area contributed by atoms with Crippen molar-refractivity contribution in [1.82, 2.24) is 19.9 Å². The maximum absolute atomic E-state index is 13.0. The van der Waals surface area contributed by atoms with Gasteiger partial charge >= 0.3 is 12.3 Å². The van der Waals surface area contributed by atoms with Crippen molar-refractivity contribution < 1.29 is 22.7 Å². The molecule has 0 saturated carbocycles. The Bertz CT molecular complexity index is 1410. The van der Waals surface area contributed by atoms with Gasteiger partial charge in [-0.05, 0) is 42.5 Å². The van der Waals surface area contributed by atoms with Crippen LogP contribution in [0.3, 0.4) is 0 Å². The van der Waals surface area contributed by atoms with Gasteiger partial charge in [0.05, 0.1) is 35.0 Å². The Kier molecular flexibility index (Phi) is 5.09. The lowest BCUT2D eigenvalue weighted by atomic mass is 9.91. The van der Waals surface area contributed by atoms with Gasteiger partial charge < -0.3 is 14.6 Å². The number of hydrogen-bond donors (Lipinski definition) is 1. The number of amides is 1. The highest BCUT2D eigenvalue weighted by Crippen LogP contribution is 2.37. The zero-order valence-electron chi connectivity index (χ0n) is 19.0. The average molecular weight is 494 g/mol. The number of H-pyrrole nitrogens is 1. The maximum atomic E-state index is 13.0. The summed E-state index contributed by atoms with van der Waals surface area (Å²) in [5.74, 6) is 1.23. The highest BCUT2D eigenvalue weighted by molar-refractivity contribution is 5.90. The monoisotopic (exact) mass is 494 g/mol. The summed E-state index contributed by atoms with van der Waals surface area (Å²) < 4.78 is 44.8. The smallest absolute Gasteiger partial charge is 0.416 e. The van der Waals surface area contributed by atoms with Gasteiger partial charge in [-0.15, -0.1) is 0 Å². The molecule has 1 amide bonds. The van der Waals surface area contributed by atoms with Gasteiger partial charge in [-0.1, -0.05) is 0 Å². The number of alkyl halides is 3. The van der Waals surface area contributed by atoms with Crippen LogP contribution in [0.15, 0.2) is 61.1 Å². The SMILES string of the molecule is O=C1OC2(CCN(c3ccc(-c4nc5cc(C(F)(F)F)ccc5[nH]4)cn3)CC2)CN1c1cccnc1. The number of carbonyl (C=O) groups excluding carboxylic acids is 1. The number of aromatic nitrogens is 4. The topological polar surface area (TPSA) is 87.2 Å². The van der Waals surface area contributed by atoms with E-state index >= 15 is 0 Å². The number of halogens is 3. The van der Waals surface area contributed by atoms with Gasteiger partial charge in [0.2, 0.25) is 0 Å². The third kappa shape index (κ3) is 4.00. The van der Waals surface area contributed by atoms with E-state index in [-0.39, 0.29) is 11.6 Å². The molecule has 1 aromatic carbocycles. The fourth-order valence-corrected chi connectivity index (χ4v) is 4.77. The van der Waals surface area contributed by atoms with Crippen LogP contribution in [0, 0.1) is 0 Å². The molecule has 1 N–H and O–H groups in total. The molecule has 4 aromatic rings. The predicted molar refractivity (Wildman–Crippen MR) is 127 cm³/mol. The second-order valence-electron chi connectivity index (χ2n) is 9.06. The Morgan fingerprint density at radius 2 is 1.89 bits per heavy atom. The second kappa shape index (κ2) is 8.21. The van der Waals surface area contributed by atoms with Crippen LogP contribution < -0.4 is 9.80 Å². The van der Waals surface area contributed by atoms with Gasteiger partial charge in [0.25, 0.3) is 0 Å². The number of pyridine rings is 2. The number of benzene rings is 1. The van der Waals surface area contributed by atoms with Crippen molar-refractivity contribution in [3.63, 3.8) is 0 Å². The molecule has 0 aliphatic carbocycles. The van der Waals surface area contributed by atoms with Crippen LogP contribution in [0.25, 0.3) is 22.4 Å². The maximum Gasteiger partial charge on any atom is 0.416 e. The number of carbonyl (C=O) groups is 1. The molecule has 5 heterocycles. The first-order valence-electron chi connectivity index (χ1n) is 11.5. The summed E-state index contributed by atoms with van der Waals surface area (Å²) >= 11 is 0. The number of imidazole rings is 1. The molecule has 2 fully saturated rings. The van der Waals surface area contributed by atoms with E-state index in [4.69, 9.17) is 4.74 Å². The van der Waals surface area contributed by atoms with E-state index in [2.05, 4.69) is 24.8 Å². The first-order valence-corrected chi connectivity index (χ1v) is 11.5. The zero-order valence-corrected chi connectivity index (χ0v) is 19.0. The number of piperidine rings is 1. The molecule has 8 nitrogen and oxygen atoms in total. The number of hydrogen-bond acceptors (Lipinski definition) is 6. The number of rotatable bonds is 3. The molecule has 2 aliphatic rings. The number of nitrogens with one attached hydrogen (secondary N) is 1. The number of ether oxygens (including phenoxy) is 1. The lowest BCUT2D eigenvalue weighted by Crippen LogP contribution is -2.47. The molecule has 0 radical (unpaired) electrons. The van der Waals surface area contributed by atoms with E-state index < -0.39 is 17.3 Å². The quantitative estimate of drug-likeness (QED) is 0.430. The number of anilines is 2. The van der Waals surface area contributed by atoms with Gasteiger partial charge in [0, 0.05) is 43.9 Å². The molecule has 184 valence electrons. The van der Waals surface area contributed by atoms with Crippen molar-refractivity contribution >= 4 is 28.6 Å². The molecule has 2 saturated heterocycles. The van der Waals surface area contributed by atoms with Crippen LogP contribution in [0.4, 0.5) is 29.5 Å². The third-order valence-corrected chi connectivity index (χ3v) is 6.76. The Balaban J connectivity index is 1.14. The van der Waals surface area contributed by atoms with Gasteiger partial charge in [-0.2, -0.15) is 13.2 Å². The summed E-state index contributed by atoms with van der Waals surface area (Å²) in [5.41, 5.74) is 0.896. The van der Waals surface area contributed by atoms with E-state index in [0.29, 0.717) is 49.4 Å². The average Bonchev–Trinajstić information content (AvgIpc) is 3.45. The van der Waals surface area contributed by atoms with Gasteiger partial charge in [-0.3, -0.25) is 9.88 Å². The third-order valence-electron chi connectivity index (χ3n) is 6.76. The van der Waals surface area contributed by atoms with Crippen molar-refractivity contribution in [2.75, 3.05) is 29.4 Å². The first kappa shape index (κ1) is 22.3. The van der Waals surface area contributed by atoms with E-state index in [1.165, 1.54) is 6.07 Å². The van der Waals surface area contributed by atoms with E-state index in [1.807, 2.05) is 18.2 Å². The van der Waals surface area contributed by atoms with Crippen molar-refractivity contribution in [3.05, 3.63) is 66.6 Å². The van der Waals surface area contributed by atoms with E-state index in [9.17, 15) is 18.0 Å². The number of aromatic amines is 1. The van der Waals surface area contributed by atoms with Crippen LogP contribution in [0.1, 0.15) is 18.4 Å². The molecule has 36 heavy (non-hydrogen) atoms. The minimum absolute atomic E-state index is 0.247. The summed E-state index contributed by atoms with van der Waals surface area (Å²) in [6.07, 6.45) is 1.54. The fourth-order valence-electron chi connectivity index (χ4n) is 4.77. The summed E-state index contributed by atoms with van der Waals surface area (Å²) in [5, 5.41) is 0. The largest absolute Gasteiger partial charge is 0.440 e. The standard InChI is InChI=1S/C25H21F3N6O2/c26-25(27,28)17-4-5-19-20(12-17)32-22(31-19)16-3-6-21(30-13-16)33-10-7-24(8-11-33)15-34(23(35)36-24)18-2-1-9-29-14-18/h1-6,9,12-14H,7-8,10-11,15H2,(H,31,32). The Morgan fingerprint density at radius 3 is 2.58 bits per heavy atom. The van der Waals surface area contributed by atoms with E-state index in [1.54, 1.807) is 29.6 Å². The Labute approximate surface area is 203 Å². The first-order chi connectivity index (χ1) is 17.3. The highest BCUT2D eigenvalue weighted by Gasteiger charge is 2.47. The van der Waals surface area contributed by atoms with Gasteiger partial charge in [0.1, 0.15) is 17.2 Å². The summed E-state index contributed by atoms with van der Waals surface area (Å²) in [4.78, 5) is 32.3. The molecule has 0 atom stereocenters. The van der Waals surface area contributed by atoms with Crippen molar-refractivity contribution in [2.24, 2.45) is 0 Å². The summed E-state index contributed by atoms with van der Waals surface area (Å²) in [6.45, 7) is 1.83. The Hall–Kier alpha value is -4.15. The lowest BCUT2D eigenvalue weighted by molar-refractivity contribution is -0.137. The minimum atomic E-state index is -4.42.